The second-order valence-corrected chi connectivity index (χ2v) is 5.58. The molecule has 1 unspecified atom stereocenters. The summed E-state index contributed by atoms with van der Waals surface area (Å²) in [7, 11) is 0. The quantitative estimate of drug-likeness (QED) is 0.826. The smallest absolute Gasteiger partial charge is 0.127 e. The zero-order valence-electron chi connectivity index (χ0n) is 10.6. The molecular weight excluding hydrogens is 229 g/mol. The Morgan fingerprint density at radius 1 is 1.17 bits per heavy atom. The van der Waals surface area contributed by atoms with E-state index >= 15 is 0 Å². The SMILES string of the molecule is N[C@H]1CC(C2CCCCC2)Oc2cc(F)ccc21. The average molecular weight is 249 g/mol. The summed E-state index contributed by atoms with van der Waals surface area (Å²) >= 11 is 0. The highest BCUT2D eigenvalue weighted by Gasteiger charge is 2.32. The van der Waals surface area contributed by atoms with Gasteiger partial charge in [0, 0.05) is 24.1 Å². The molecule has 0 saturated heterocycles. The highest BCUT2D eigenvalue weighted by Crippen LogP contribution is 2.39. The molecule has 1 aromatic carbocycles. The van der Waals surface area contributed by atoms with Crippen molar-refractivity contribution in [3.8, 4) is 5.75 Å². The van der Waals surface area contributed by atoms with Gasteiger partial charge in [0.05, 0.1) is 0 Å². The standard InChI is InChI=1S/C15H20FNO/c16-11-6-7-12-13(17)9-14(18-15(12)8-11)10-4-2-1-3-5-10/h6-8,10,13-14H,1-5,9,17H2/t13-,14?/m0/s1. The zero-order chi connectivity index (χ0) is 12.5. The lowest BCUT2D eigenvalue weighted by molar-refractivity contribution is 0.0780. The van der Waals surface area contributed by atoms with Crippen LogP contribution in [-0.2, 0) is 0 Å². The Morgan fingerprint density at radius 3 is 2.72 bits per heavy atom. The number of benzene rings is 1. The van der Waals surface area contributed by atoms with Crippen molar-refractivity contribution in [2.24, 2.45) is 11.7 Å². The lowest BCUT2D eigenvalue weighted by Crippen LogP contribution is -2.36. The van der Waals surface area contributed by atoms with Gasteiger partial charge >= 0.3 is 0 Å². The highest BCUT2D eigenvalue weighted by molar-refractivity contribution is 5.38. The van der Waals surface area contributed by atoms with Crippen LogP contribution in [0.5, 0.6) is 5.75 Å². The molecule has 1 fully saturated rings. The topological polar surface area (TPSA) is 35.2 Å². The maximum Gasteiger partial charge on any atom is 0.127 e. The minimum Gasteiger partial charge on any atom is -0.490 e. The molecule has 1 aromatic rings. The van der Waals surface area contributed by atoms with E-state index in [1.807, 2.05) is 0 Å². The first-order valence-electron chi connectivity index (χ1n) is 6.96. The Labute approximate surface area is 107 Å². The van der Waals surface area contributed by atoms with Gasteiger partial charge in [0.25, 0.3) is 0 Å². The van der Waals surface area contributed by atoms with Crippen LogP contribution in [0.2, 0.25) is 0 Å². The van der Waals surface area contributed by atoms with Gasteiger partial charge in [0.2, 0.25) is 0 Å². The summed E-state index contributed by atoms with van der Waals surface area (Å²) < 4.78 is 19.3. The van der Waals surface area contributed by atoms with Gasteiger partial charge in [-0.1, -0.05) is 25.3 Å². The largest absolute Gasteiger partial charge is 0.490 e. The van der Waals surface area contributed by atoms with Gasteiger partial charge in [-0.15, -0.1) is 0 Å². The summed E-state index contributed by atoms with van der Waals surface area (Å²) in [6.45, 7) is 0. The third-order valence-corrected chi connectivity index (χ3v) is 4.32. The maximum atomic E-state index is 13.3. The van der Waals surface area contributed by atoms with E-state index in [-0.39, 0.29) is 18.0 Å². The molecule has 98 valence electrons. The molecule has 18 heavy (non-hydrogen) atoms. The fraction of sp³-hybridized carbons (Fsp3) is 0.600. The fourth-order valence-electron chi connectivity index (χ4n) is 3.30. The van der Waals surface area contributed by atoms with Crippen LogP contribution in [0, 0.1) is 11.7 Å². The molecule has 1 aliphatic carbocycles. The van der Waals surface area contributed by atoms with Crippen molar-refractivity contribution in [3.63, 3.8) is 0 Å². The van der Waals surface area contributed by atoms with Crippen molar-refractivity contribution < 1.29 is 9.13 Å². The summed E-state index contributed by atoms with van der Waals surface area (Å²) in [5.74, 6) is 1.01. The van der Waals surface area contributed by atoms with E-state index in [9.17, 15) is 4.39 Å². The lowest BCUT2D eigenvalue weighted by Gasteiger charge is -2.36. The van der Waals surface area contributed by atoms with Crippen molar-refractivity contribution in [1.82, 2.24) is 0 Å². The first kappa shape index (κ1) is 12.0. The maximum absolute atomic E-state index is 13.3. The van der Waals surface area contributed by atoms with Crippen LogP contribution in [0.15, 0.2) is 18.2 Å². The molecule has 0 aromatic heterocycles. The minimum absolute atomic E-state index is 0.0127. The summed E-state index contributed by atoms with van der Waals surface area (Å²) in [6, 6.07) is 4.68. The van der Waals surface area contributed by atoms with E-state index in [4.69, 9.17) is 10.5 Å². The predicted molar refractivity (Wildman–Crippen MR) is 68.9 cm³/mol. The second-order valence-electron chi connectivity index (χ2n) is 5.58. The Hall–Kier alpha value is -1.09. The van der Waals surface area contributed by atoms with Crippen LogP contribution >= 0.6 is 0 Å². The molecule has 2 N–H and O–H groups in total. The molecular formula is C15H20FNO. The van der Waals surface area contributed by atoms with Gasteiger partial charge in [0.15, 0.2) is 0 Å². The van der Waals surface area contributed by atoms with Gasteiger partial charge in [-0.25, -0.2) is 4.39 Å². The molecule has 0 spiro atoms. The number of nitrogens with two attached hydrogens (primary N) is 1. The number of ether oxygens (including phenoxy) is 1. The van der Waals surface area contributed by atoms with Crippen LogP contribution in [0.4, 0.5) is 4.39 Å². The van der Waals surface area contributed by atoms with Crippen molar-refractivity contribution in [1.29, 1.82) is 0 Å². The summed E-state index contributed by atoms with van der Waals surface area (Å²) in [5.41, 5.74) is 7.14. The first-order valence-corrected chi connectivity index (χ1v) is 6.96. The molecule has 1 aliphatic heterocycles. The third kappa shape index (κ3) is 2.24. The second kappa shape index (κ2) is 4.88. The summed E-state index contributed by atoms with van der Waals surface area (Å²) in [4.78, 5) is 0. The van der Waals surface area contributed by atoms with Crippen LogP contribution in [0.3, 0.4) is 0 Å². The van der Waals surface area contributed by atoms with Gasteiger partial charge in [0.1, 0.15) is 17.7 Å². The van der Waals surface area contributed by atoms with E-state index in [1.54, 1.807) is 6.07 Å². The van der Waals surface area contributed by atoms with E-state index < -0.39 is 0 Å². The van der Waals surface area contributed by atoms with Crippen LogP contribution in [0.25, 0.3) is 0 Å². The lowest BCUT2D eigenvalue weighted by atomic mass is 9.81. The van der Waals surface area contributed by atoms with Crippen molar-refractivity contribution in [3.05, 3.63) is 29.6 Å². The summed E-state index contributed by atoms with van der Waals surface area (Å²) in [5, 5.41) is 0. The molecule has 2 atom stereocenters. The fourth-order valence-corrected chi connectivity index (χ4v) is 3.30. The molecule has 0 radical (unpaired) electrons. The van der Waals surface area contributed by atoms with Crippen LogP contribution in [-0.4, -0.2) is 6.10 Å². The number of halogens is 1. The molecule has 2 aliphatic rings. The number of hydrogen-bond acceptors (Lipinski definition) is 2. The van der Waals surface area contributed by atoms with Crippen LogP contribution < -0.4 is 10.5 Å². The highest BCUT2D eigenvalue weighted by atomic mass is 19.1. The monoisotopic (exact) mass is 249 g/mol. The third-order valence-electron chi connectivity index (χ3n) is 4.32. The normalized spacial score (nSPS) is 28.6. The molecule has 3 rings (SSSR count). The van der Waals surface area contributed by atoms with E-state index in [0.717, 1.165) is 12.0 Å². The van der Waals surface area contributed by atoms with Gasteiger partial charge in [-0.2, -0.15) is 0 Å². The molecule has 2 nitrogen and oxygen atoms in total. The number of fused-ring (bicyclic) bond motifs is 1. The van der Waals surface area contributed by atoms with Gasteiger partial charge < -0.3 is 10.5 Å². The Morgan fingerprint density at radius 2 is 1.94 bits per heavy atom. The molecule has 0 bridgehead atoms. The van der Waals surface area contributed by atoms with E-state index in [1.165, 1.54) is 44.2 Å². The average Bonchev–Trinajstić information content (AvgIpc) is 2.39. The number of rotatable bonds is 1. The molecule has 3 heteroatoms. The Bertz CT molecular complexity index is 429. The summed E-state index contributed by atoms with van der Waals surface area (Å²) in [6.07, 6.45) is 7.40. The number of hydrogen-bond donors (Lipinski definition) is 1. The minimum atomic E-state index is -0.245. The van der Waals surface area contributed by atoms with Crippen molar-refractivity contribution in [2.45, 2.75) is 50.7 Å². The van der Waals surface area contributed by atoms with Crippen molar-refractivity contribution >= 4 is 0 Å². The van der Waals surface area contributed by atoms with Gasteiger partial charge in [-0.05, 0) is 24.8 Å². The predicted octanol–water partition coefficient (Wildman–Crippen LogP) is 3.56. The Balaban J connectivity index is 1.81. The first-order chi connectivity index (χ1) is 8.74. The molecule has 1 heterocycles. The zero-order valence-corrected chi connectivity index (χ0v) is 10.6. The van der Waals surface area contributed by atoms with E-state index in [0.29, 0.717) is 11.7 Å². The Kier molecular flexibility index (Phi) is 3.25. The van der Waals surface area contributed by atoms with Crippen molar-refractivity contribution in [2.75, 3.05) is 0 Å². The molecule has 1 saturated carbocycles. The van der Waals surface area contributed by atoms with E-state index in [2.05, 4.69) is 0 Å². The molecule has 0 amide bonds. The van der Waals surface area contributed by atoms with Gasteiger partial charge in [-0.3, -0.25) is 0 Å². The van der Waals surface area contributed by atoms with Crippen LogP contribution in [0.1, 0.15) is 50.1 Å².